The Balaban J connectivity index is 2.15. The van der Waals surface area contributed by atoms with Gasteiger partial charge in [-0.25, -0.2) is 8.42 Å². The Morgan fingerprint density at radius 2 is 2.11 bits per heavy atom. The number of halogens is 1. The number of hydrogen-bond donors (Lipinski definition) is 1. The largest absolute Gasteiger partial charge is 0.361 e. The molecule has 0 amide bonds. The first kappa shape index (κ1) is 13.3. The van der Waals surface area contributed by atoms with Crippen molar-refractivity contribution in [1.29, 1.82) is 0 Å². The lowest BCUT2D eigenvalue weighted by atomic mass is 10.3. The second-order valence-electron chi connectivity index (χ2n) is 3.77. The van der Waals surface area contributed by atoms with Crippen LogP contribution in [0, 0.1) is 10.5 Å². The standard InChI is InChI=1S/C11H11IN2O3S/c1-8-6-9(13-17-8)7-18(15,16)14-11-5-3-2-4-10(11)12/h2-6,14H,7H2,1H3. The molecule has 0 radical (unpaired) electrons. The van der Waals surface area contributed by atoms with E-state index < -0.39 is 10.0 Å². The minimum atomic E-state index is -3.47. The summed E-state index contributed by atoms with van der Waals surface area (Å²) in [6.07, 6.45) is 0. The highest BCUT2D eigenvalue weighted by atomic mass is 127. The van der Waals surface area contributed by atoms with Crippen molar-refractivity contribution in [1.82, 2.24) is 5.16 Å². The summed E-state index contributed by atoms with van der Waals surface area (Å²) in [6.45, 7) is 1.72. The van der Waals surface area contributed by atoms with E-state index in [4.69, 9.17) is 4.52 Å². The lowest BCUT2D eigenvalue weighted by molar-refractivity contribution is 0.392. The molecule has 0 saturated carbocycles. The van der Waals surface area contributed by atoms with Gasteiger partial charge in [-0.1, -0.05) is 17.3 Å². The van der Waals surface area contributed by atoms with E-state index in [9.17, 15) is 8.42 Å². The summed E-state index contributed by atoms with van der Waals surface area (Å²) in [7, 11) is -3.47. The maximum absolute atomic E-state index is 11.9. The highest BCUT2D eigenvalue weighted by Crippen LogP contribution is 2.19. The Kier molecular flexibility index (Phi) is 3.91. The molecule has 1 N–H and O–H groups in total. The first-order valence-corrected chi connectivity index (χ1v) is 7.86. The van der Waals surface area contributed by atoms with Crippen LogP contribution in [0.5, 0.6) is 0 Å². The van der Waals surface area contributed by atoms with Crippen molar-refractivity contribution in [3.05, 3.63) is 45.4 Å². The zero-order valence-electron chi connectivity index (χ0n) is 9.55. The van der Waals surface area contributed by atoms with E-state index in [2.05, 4.69) is 32.5 Å². The first-order chi connectivity index (χ1) is 8.46. The normalized spacial score (nSPS) is 11.4. The zero-order valence-corrected chi connectivity index (χ0v) is 12.5. The molecule has 0 unspecified atom stereocenters. The summed E-state index contributed by atoms with van der Waals surface area (Å²) in [6, 6.07) is 8.78. The maximum atomic E-state index is 11.9. The molecule has 2 aromatic rings. The van der Waals surface area contributed by atoms with E-state index in [0.29, 0.717) is 17.1 Å². The van der Waals surface area contributed by atoms with Crippen LogP contribution in [-0.2, 0) is 15.8 Å². The van der Waals surface area contributed by atoms with Gasteiger partial charge in [0.05, 0.1) is 5.69 Å². The molecular weight excluding hydrogens is 367 g/mol. The molecule has 5 nitrogen and oxygen atoms in total. The number of aromatic nitrogens is 1. The summed E-state index contributed by atoms with van der Waals surface area (Å²) < 4.78 is 32.1. The van der Waals surface area contributed by atoms with Gasteiger partial charge < -0.3 is 4.52 Å². The monoisotopic (exact) mass is 378 g/mol. The Labute approximate surface area is 119 Å². The molecule has 0 spiro atoms. The Hall–Kier alpha value is -1.09. The van der Waals surface area contributed by atoms with Gasteiger partial charge in [-0.15, -0.1) is 0 Å². The van der Waals surface area contributed by atoms with Crippen LogP contribution in [-0.4, -0.2) is 13.6 Å². The number of hydrogen-bond acceptors (Lipinski definition) is 4. The number of para-hydroxylation sites is 1. The molecule has 1 heterocycles. The zero-order chi connectivity index (χ0) is 13.2. The van der Waals surface area contributed by atoms with Crippen LogP contribution in [0.15, 0.2) is 34.9 Å². The van der Waals surface area contributed by atoms with Gasteiger partial charge >= 0.3 is 0 Å². The number of rotatable bonds is 4. The van der Waals surface area contributed by atoms with Crippen LogP contribution in [0.3, 0.4) is 0 Å². The fourth-order valence-electron chi connectivity index (χ4n) is 1.43. The minimum Gasteiger partial charge on any atom is -0.361 e. The molecule has 7 heteroatoms. The van der Waals surface area contributed by atoms with Crippen molar-refractivity contribution < 1.29 is 12.9 Å². The summed E-state index contributed by atoms with van der Waals surface area (Å²) >= 11 is 2.07. The lowest BCUT2D eigenvalue weighted by Gasteiger charge is -2.07. The molecule has 0 aliphatic heterocycles. The van der Waals surface area contributed by atoms with Crippen LogP contribution in [0.4, 0.5) is 5.69 Å². The lowest BCUT2D eigenvalue weighted by Crippen LogP contribution is -2.15. The van der Waals surface area contributed by atoms with E-state index in [0.717, 1.165) is 3.57 Å². The topological polar surface area (TPSA) is 72.2 Å². The van der Waals surface area contributed by atoms with Gasteiger partial charge in [0.15, 0.2) is 0 Å². The van der Waals surface area contributed by atoms with Gasteiger partial charge in [0, 0.05) is 9.64 Å². The number of benzene rings is 1. The third kappa shape index (κ3) is 3.45. The third-order valence-corrected chi connectivity index (χ3v) is 4.30. The average Bonchev–Trinajstić information content (AvgIpc) is 2.66. The highest BCUT2D eigenvalue weighted by molar-refractivity contribution is 14.1. The van der Waals surface area contributed by atoms with Gasteiger partial charge in [0.2, 0.25) is 10.0 Å². The summed E-state index contributed by atoms with van der Waals surface area (Å²) in [5.41, 5.74) is 0.962. The fraction of sp³-hybridized carbons (Fsp3) is 0.182. The van der Waals surface area contributed by atoms with E-state index in [1.807, 2.05) is 12.1 Å². The predicted molar refractivity (Wildman–Crippen MR) is 76.6 cm³/mol. The maximum Gasteiger partial charge on any atom is 0.238 e. The quantitative estimate of drug-likeness (QED) is 0.830. The van der Waals surface area contributed by atoms with Gasteiger partial charge in [-0.2, -0.15) is 0 Å². The predicted octanol–water partition coefficient (Wildman–Crippen LogP) is 2.53. The molecular formula is C11H11IN2O3S. The van der Waals surface area contributed by atoms with Crippen LogP contribution >= 0.6 is 22.6 Å². The molecule has 18 heavy (non-hydrogen) atoms. The molecule has 0 saturated heterocycles. The Morgan fingerprint density at radius 1 is 1.39 bits per heavy atom. The van der Waals surface area contributed by atoms with Crippen LogP contribution in [0.25, 0.3) is 0 Å². The second-order valence-corrected chi connectivity index (χ2v) is 6.65. The minimum absolute atomic E-state index is 0.199. The summed E-state index contributed by atoms with van der Waals surface area (Å²) in [5, 5.41) is 3.67. The molecule has 2 rings (SSSR count). The molecule has 0 bridgehead atoms. The Bertz CT molecular complexity index is 652. The van der Waals surface area contributed by atoms with Crippen molar-refractivity contribution in [2.24, 2.45) is 0 Å². The van der Waals surface area contributed by atoms with Crippen molar-refractivity contribution in [2.75, 3.05) is 4.72 Å². The van der Waals surface area contributed by atoms with Gasteiger partial charge in [0.25, 0.3) is 0 Å². The highest BCUT2D eigenvalue weighted by Gasteiger charge is 2.15. The van der Waals surface area contributed by atoms with Crippen LogP contribution in [0.1, 0.15) is 11.5 Å². The molecule has 96 valence electrons. The van der Waals surface area contributed by atoms with E-state index in [-0.39, 0.29) is 5.75 Å². The van der Waals surface area contributed by atoms with Crippen molar-refractivity contribution in [3.8, 4) is 0 Å². The van der Waals surface area contributed by atoms with Gasteiger partial charge in [-0.3, -0.25) is 4.72 Å². The van der Waals surface area contributed by atoms with E-state index >= 15 is 0 Å². The smallest absolute Gasteiger partial charge is 0.238 e. The molecule has 1 aromatic heterocycles. The molecule has 0 fully saturated rings. The molecule has 0 atom stereocenters. The van der Waals surface area contributed by atoms with Gasteiger partial charge in [0.1, 0.15) is 17.2 Å². The fourth-order valence-corrected chi connectivity index (χ4v) is 3.24. The number of nitrogens with zero attached hydrogens (tertiary/aromatic N) is 1. The van der Waals surface area contributed by atoms with Crippen molar-refractivity contribution >= 4 is 38.3 Å². The molecule has 0 aliphatic carbocycles. The number of sulfonamides is 1. The van der Waals surface area contributed by atoms with E-state index in [1.165, 1.54) is 0 Å². The molecule has 0 aliphatic rings. The van der Waals surface area contributed by atoms with E-state index in [1.54, 1.807) is 25.1 Å². The summed E-state index contributed by atoms with van der Waals surface area (Å²) in [4.78, 5) is 0. The van der Waals surface area contributed by atoms with Crippen LogP contribution < -0.4 is 4.72 Å². The Morgan fingerprint density at radius 3 is 2.72 bits per heavy atom. The van der Waals surface area contributed by atoms with Crippen molar-refractivity contribution in [3.63, 3.8) is 0 Å². The number of aryl methyl sites for hydroxylation is 1. The third-order valence-electron chi connectivity index (χ3n) is 2.15. The summed E-state index contributed by atoms with van der Waals surface area (Å²) in [5.74, 6) is 0.393. The second kappa shape index (κ2) is 5.27. The number of nitrogens with one attached hydrogen (secondary N) is 1. The first-order valence-electron chi connectivity index (χ1n) is 5.13. The van der Waals surface area contributed by atoms with Crippen molar-refractivity contribution in [2.45, 2.75) is 12.7 Å². The van der Waals surface area contributed by atoms with Crippen LogP contribution in [0.2, 0.25) is 0 Å². The average molecular weight is 378 g/mol. The number of anilines is 1. The molecule has 1 aromatic carbocycles. The van der Waals surface area contributed by atoms with Gasteiger partial charge in [-0.05, 0) is 41.6 Å². The SMILES string of the molecule is Cc1cc(CS(=O)(=O)Nc2ccccc2I)no1.